The Balaban J connectivity index is 0.00000243. The molecule has 3 rings (SSSR count). The number of Topliss-reactive ketones (excluding diaryl/α,β-unsaturated/α-hetero) is 1. The summed E-state index contributed by atoms with van der Waals surface area (Å²) < 4.78 is 26.0. The van der Waals surface area contributed by atoms with Gasteiger partial charge in [0, 0.05) is 81.7 Å². The van der Waals surface area contributed by atoms with Gasteiger partial charge in [0.25, 0.3) is 5.56 Å². The molecule has 1 N–H and O–H groups in total. The molecule has 0 bridgehead atoms. The molecule has 0 unspecified atom stereocenters. The number of aromatic nitrogens is 2. The summed E-state index contributed by atoms with van der Waals surface area (Å²) in [5.41, 5.74) is 0.449. The maximum Gasteiger partial charge on any atom is 0.277 e. The van der Waals surface area contributed by atoms with Gasteiger partial charge < -0.3 is 5.10 Å². The molecule has 1 aliphatic heterocycles. The van der Waals surface area contributed by atoms with E-state index in [4.69, 9.17) is 0 Å². The van der Waals surface area contributed by atoms with Gasteiger partial charge in [-0.2, -0.15) is 0 Å². The molecule has 0 spiro atoms. The maximum atomic E-state index is 12.8. The minimum Gasteiger partial charge on any atom is -0.302 e. The fourth-order valence-electron chi connectivity index (χ4n) is 3.27. The fourth-order valence-corrected chi connectivity index (χ4v) is 5.06. The van der Waals surface area contributed by atoms with Crippen molar-refractivity contribution in [3.8, 4) is 0 Å². The molecule has 1 aliphatic rings. The van der Waals surface area contributed by atoms with Gasteiger partial charge in [0.1, 0.15) is 5.56 Å². The summed E-state index contributed by atoms with van der Waals surface area (Å²) >= 11 is 0. The minimum atomic E-state index is -3.55. The molecule has 0 saturated heterocycles. The molecule has 1 aromatic carbocycles. The molecule has 0 fully saturated rings. The average molecular weight is 402 g/mol. The predicted octanol–water partition coefficient (Wildman–Crippen LogP) is 1.02. The van der Waals surface area contributed by atoms with Gasteiger partial charge >= 0.3 is 0 Å². The van der Waals surface area contributed by atoms with E-state index in [-0.39, 0.29) is 90.9 Å². The average Bonchev–Trinajstić information content (AvgIpc) is 2.93. The summed E-state index contributed by atoms with van der Waals surface area (Å²) in [6.07, 6.45) is 1.24. The first-order valence-electron chi connectivity index (χ1n) is 7.92. The zero-order chi connectivity index (χ0) is 18.5. The molecule has 26 heavy (non-hydrogen) atoms. The van der Waals surface area contributed by atoms with Crippen molar-refractivity contribution in [2.24, 2.45) is 0 Å². The van der Waals surface area contributed by atoms with Crippen molar-refractivity contribution in [3.63, 3.8) is 0 Å². The van der Waals surface area contributed by atoms with Crippen molar-refractivity contribution in [2.45, 2.75) is 38.6 Å². The number of carbonyl (C=O) groups is 2. The van der Waals surface area contributed by atoms with Gasteiger partial charge in [-0.25, -0.2) is 8.42 Å². The number of benzene rings is 1. The number of ketones is 2. The summed E-state index contributed by atoms with van der Waals surface area (Å²) in [4.78, 5) is 37.4. The third-order valence-electron chi connectivity index (χ3n) is 4.56. The molecule has 2 aromatic rings. The summed E-state index contributed by atoms with van der Waals surface area (Å²) in [5.74, 6) is -1.03. The molecular weight excluding hydrogens is 383 g/mol. The first-order chi connectivity index (χ1) is 11.7. The number of aryl methyl sites for hydroxylation is 2. The first-order valence-corrected chi connectivity index (χ1v) is 9.57. The maximum absolute atomic E-state index is 12.8. The largest absolute Gasteiger partial charge is 0.302 e. The van der Waals surface area contributed by atoms with Gasteiger partial charge in [0.2, 0.25) is 0 Å². The van der Waals surface area contributed by atoms with E-state index in [0.29, 0.717) is 17.7 Å². The van der Waals surface area contributed by atoms with Crippen LogP contribution in [0.4, 0.5) is 0 Å². The van der Waals surface area contributed by atoms with Crippen molar-refractivity contribution < 1.29 is 18.0 Å². The minimum absolute atomic E-state index is 0. The standard InChI is InChI=1S/C17H18N2O5S.K/c1-4-19-17(22)12(8-18-19)15(21)11-7-9(2)16-14(10(11)3)13(20)5-6-25(16,23)24;/h7-8,18H,4-6H2,1-3H3;. The molecule has 133 valence electrons. The first kappa shape index (κ1) is 21.5. The Kier molecular flexibility index (Phi) is 6.31. The van der Waals surface area contributed by atoms with E-state index in [1.165, 1.54) is 16.9 Å². The van der Waals surface area contributed by atoms with E-state index in [1.807, 2.05) is 0 Å². The van der Waals surface area contributed by atoms with E-state index in [2.05, 4.69) is 5.10 Å². The van der Waals surface area contributed by atoms with Crippen LogP contribution in [0.1, 0.15) is 50.8 Å². The zero-order valence-corrected chi connectivity index (χ0v) is 19.1. The quantitative estimate of drug-likeness (QED) is 0.611. The van der Waals surface area contributed by atoms with Crippen LogP contribution in [-0.2, 0) is 16.4 Å². The molecule has 9 heteroatoms. The summed E-state index contributed by atoms with van der Waals surface area (Å²) in [6, 6.07) is 1.45. The summed E-state index contributed by atoms with van der Waals surface area (Å²) in [6.45, 7) is 5.27. The topological polar surface area (TPSA) is 106 Å². The molecule has 0 aliphatic carbocycles. The van der Waals surface area contributed by atoms with Gasteiger partial charge in [-0.3, -0.25) is 19.1 Å². The predicted molar refractivity (Wildman–Crippen MR) is 96.8 cm³/mol. The number of fused-ring (bicyclic) bond motifs is 1. The normalized spacial score (nSPS) is 15.3. The van der Waals surface area contributed by atoms with Crippen LogP contribution in [0.3, 0.4) is 0 Å². The molecule has 0 saturated carbocycles. The molecule has 1 aromatic heterocycles. The van der Waals surface area contributed by atoms with Crippen LogP contribution in [0, 0.1) is 13.8 Å². The molecule has 7 nitrogen and oxygen atoms in total. The fraction of sp³-hybridized carbons (Fsp3) is 0.353. The van der Waals surface area contributed by atoms with Crippen LogP contribution in [0.25, 0.3) is 0 Å². The Morgan fingerprint density at radius 2 is 1.88 bits per heavy atom. The Morgan fingerprint density at radius 1 is 1.23 bits per heavy atom. The number of hydrogen-bond donors (Lipinski definition) is 1. The number of carbonyl (C=O) groups excluding carboxylic acids is 2. The smallest absolute Gasteiger partial charge is 0.277 e. The number of rotatable bonds is 3. The second kappa shape index (κ2) is 7.65. The van der Waals surface area contributed by atoms with E-state index in [1.54, 1.807) is 20.8 Å². The van der Waals surface area contributed by atoms with Crippen molar-refractivity contribution in [2.75, 3.05) is 5.75 Å². The van der Waals surface area contributed by atoms with Gasteiger partial charge in [-0.1, -0.05) is 0 Å². The molecule has 0 atom stereocenters. The Morgan fingerprint density at radius 3 is 2.46 bits per heavy atom. The third kappa shape index (κ3) is 3.36. The van der Waals surface area contributed by atoms with Crippen LogP contribution in [0.5, 0.6) is 0 Å². The van der Waals surface area contributed by atoms with Crippen molar-refractivity contribution in [1.29, 1.82) is 0 Å². The zero-order valence-electron chi connectivity index (χ0n) is 15.2. The Hall–Kier alpha value is -0.844. The SMILES string of the molecule is CCn1[nH]cc(C(=O)c2cc(C)c3c(c2C)C(=O)CCS3(=O)=O)c1=O.[K]. The summed E-state index contributed by atoms with van der Waals surface area (Å²) in [7, 11) is -3.55. The van der Waals surface area contributed by atoms with Gasteiger partial charge in [-0.05, 0) is 38.0 Å². The third-order valence-corrected chi connectivity index (χ3v) is 6.45. The number of aromatic amines is 1. The number of nitrogens with one attached hydrogen (secondary N) is 1. The Labute approximate surface area is 193 Å². The van der Waals surface area contributed by atoms with Gasteiger partial charge in [0.15, 0.2) is 21.4 Å². The number of H-pyrrole nitrogens is 1. The van der Waals surface area contributed by atoms with Crippen LogP contribution in [-0.4, -0.2) is 86.9 Å². The number of nitrogens with zero attached hydrogens (tertiary/aromatic N) is 1. The van der Waals surface area contributed by atoms with Crippen LogP contribution in [0.15, 0.2) is 22.0 Å². The molecular formula is C17H18KN2O5S. The van der Waals surface area contributed by atoms with Crippen molar-refractivity contribution in [3.05, 3.63) is 50.4 Å². The van der Waals surface area contributed by atoms with E-state index in [9.17, 15) is 22.8 Å². The number of hydrogen-bond acceptors (Lipinski definition) is 5. The molecule has 1 radical (unpaired) electrons. The monoisotopic (exact) mass is 401 g/mol. The molecule has 0 amide bonds. The van der Waals surface area contributed by atoms with Crippen LogP contribution in [0.2, 0.25) is 0 Å². The number of sulfone groups is 1. The van der Waals surface area contributed by atoms with Crippen molar-refractivity contribution in [1.82, 2.24) is 9.78 Å². The van der Waals surface area contributed by atoms with Crippen LogP contribution >= 0.6 is 0 Å². The van der Waals surface area contributed by atoms with Crippen molar-refractivity contribution >= 4 is 72.8 Å². The van der Waals surface area contributed by atoms with Gasteiger partial charge in [-0.15, -0.1) is 0 Å². The van der Waals surface area contributed by atoms with Crippen LogP contribution < -0.4 is 5.56 Å². The van der Waals surface area contributed by atoms with Gasteiger partial charge in [0.05, 0.1) is 10.6 Å². The second-order valence-electron chi connectivity index (χ2n) is 6.13. The summed E-state index contributed by atoms with van der Waals surface area (Å²) in [5, 5.41) is 2.71. The van der Waals surface area contributed by atoms with E-state index >= 15 is 0 Å². The van der Waals surface area contributed by atoms with E-state index in [0.717, 1.165) is 0 Å². The van der Waals surface area contributed by atoms with E-state index < -0.39 is 21.2 Å². The molecule has 2 heterocycles. The second-order valence-corrected chi connectivity index (χ2v) is 8.17. The Bertz CT molecular complexity index is 1080.